The zero-order valence-electron chi connectivity index (χ0n) is 14.4. The minimum absolute atomic E-state index is 1.11. The summed E-state index contributed by atoms with van der Waals surface area (Å²) in [7, 11) is 0. The highest BCUT2D eigenvalue weighted by Crippen LogP contribution is 2.65. The second kappa shape index (κ2) is 5.39. The van der Waals surface area contributed by atoms with Gasteiger partial charge in [0.05, 0.1) is 23.8 Å². The van der Waals surface area contributed by atoms with E-state index in [9.17, 15) is 0 Å². The highest BCUT2D eigenvalue weighted by molar-refractivity contribution is 8.23. The minimum Gasteiger partial charge on any atom is -0.303 e. The Morgan fingerprint density at radius 3 is 1.89 bits per heavy atom. The van der Waals surface area contributed by atoms with E-state index >= 15 is 0 Å². The molecule has 6 rings (SSSR count). The van der Waals surface area contributed by atoms with Crippen LogP contribution in [0.2, 0.25) is 0 Å². The van der Waals surface area contributed by atoms with Crippen molar-refractivity contribution in [3.8, 4) is 22.3 Å². The number of benzene rings is 3. The first-order chi connectivity index (χ1) is 13.3. The maximum Gasteiger partial charge on any atom is 0.0986 e. The Bertz CT molecular complexity index is 1190. The lowest BCUT2D eigenvalue weighted by atomic mass is 10.0. The molecule has 2 aliphatic heterocycles. The van der Waals surface area contributed by atoms with Crippen LogP contribution in [0.5, 0.6) is 0 Å². The Labute approximate surface area is 163 Å². The lowest BCUT2D eigenvalue weighted by Crippen LogP contribution is -2.37. The zero-order valence-corrected chi connectivity index (χ0v) is 16.1. The molecule has 0 bridgehead atoms. The number of nitrogens with zero attached hydrogens (tertiary/aromatic N) is 2. The van der Waals surface area contributed by atoms with Crippen molar-refractivity contribution in [1.82, 2.24) is 4.98 Å². The molecule has 2 aliphatic rings. The first kappa shape index (κ1) is 15.3. The third-order valence-corrected chi connectivity index (χ3v) is 10.2. The smallest absolute Gasteiger partial charge is 0.0986 e. The predicted octanol–water partition coefficient (Wildman–Crippen LogP) is 5.23. The summed E-state index contributed by atoms with van der Waals surface area (Å²) >= 11 is 6.60. The van der Waals surface area contributed by atoms with Gasteiger partial charge in [-0.2, -0.15) is 0 Å². The summed E-state index contributed by atoms with van der Waals surface area (Å²) in [4.78, 5) is 4.45. The molecule has 128 valence electrons. The molecule has 3 aromatic carbocycles. The summed E-state index contributed by atoms with van der Waals surface area (Å²) in [6, 6.07) is 28.0. The first-order valence-corrected chi connectivity index (χ1v) is 11.7. The SMILES string of the molecule is S=P12c3ccccc3-c3ccccc3N1c1cnccc1-c1ccccc12. The quantitative estimate of drug-likeness (QED) is 0.388. The van der Waals surface area contributed by atoms with Gasteiger partial charge in [-0.25, -0.2) is 0 Å². The molecule has 2 nitrogen and oxygen atoms in total. The van der Waals surface area contributed by atoms with E-state index in [2.05, 4.69) is 88.5 Å². The van der Waals surface area contributed by atoms with Gasteiger partial charge in [0.2, 0.25) is 0 Å². The van der Waals surface area contributed by atoms with Crippen LogP contribution in [0.25, 0.3) is 22.3 Å². The van der Waals surface area contributed by atoms with Crippen LogP contribution in [0.1, 0.15) is 0 Å². The molecule has 0 saturated carbocycles. The third kappa shape index (κ3) is 1.86. The van der Waals surface area contributed by atoms with Crippen LogP contribution >= 0.6 is 6.19 Å². The highest BCUT2D eigenvalue weighted by Gasteiger charge is 2.43. The van der Waals surface area contributed by atoms with Crippen LogP contribution < -0.4 is 15.3 Å². The highest BCUT2D eigenvalue weighted by atomic mass is 32.4. The van der Waals surface area contributed by atoms with E-state index in [0.717, 1.165) is 5.69 Å². The zero-order chi connectivity index (χ0) is 18.0. The molecule has 4 aromatic rings. The number of rotatable bonds is 0. The van der Waals surface area contributed by atoms with Crippen LogP contribution in [0.15, 0.2) is 91.3 Å². The van der Waals surface area contributed by atoms with E-state index in [4.69, 9.17) is 11.8 Å². The molecular formula is C23H15N2PS. The summed E-state index contributed by atoms with van der Waals surface area (Å²) in [5.74, 6) is 0. The summed E-state index contributed by atoms with van der Waals surface area (Å²) in [6.45, 7) is 0. The molecule has 27 heavy (non-hydrogen) atoms. The normalized spacial score (nSPS) is 18.6. The molecule has 0 fully saturated rings. The molecule has 0 saturated heterocycles. The van der Waals surface area contributed by atoms with Crippen molar-refractivity contribution in [2.24, 2.45) is 0 Å². The standard InChI is InChI=1S/C23H15N2PS/c27-26-22-11-5-2-8-18(22)16-7-1-4-10-20(16)25(26)21-15-24-14-13-17(21)19-9-3-6-12-23(19)26/h1-15H. The van der Waals surface area contributed by atoms with Gasteiger partial charge < -0.3 is 4.67 Å². The molecule has 1 unspecified atom stereocenters. The van der Waals surface area contributed by atoms with Crippen molar-refractivity contribution in [1.29, 1.82) is 0 Å². The van der Waals surface area contributed by atoms with E-state index in [-0.39, 0.29) is 0 Å². The number of anilines is 2. The molecule has 1 atom stereocenters. The Balaban J connectivity index is 1.84. The van der Waals surface area contributed by atoms with Gasteiger partial charge >= 0.3 is 0 Å². The largest absolute Gasteiger partial charge is 0.303 e. The van der Waals surface area contributed by atoms with Crippen molar-refractivity contribution in [3.63, 3.8) is 0 Å². The van der Waals surface area contributed by atoms with Crippen molar-refractivity contribution in [2.75, 3.05) is 4.67 Å². The summed E-state index contributed by atoms with van der Waals surface area (Å²) in [6.07, 6.45) is 1.60. The number of para-hydroxylation sites is 1. The number of aromatic nitrogens is 1. The lowest BCUT2D eigenvalue weighted by molar-refractivity contribution is 1.28. The van der Waals surface area contributed by atoms with Crippen LogP contribution in [0.4, 0.5) is 11.4 Å². The predicted molar refractivity (Wildman–Crippen MR) is 117 cm³/mol. The molecule has 0 N–H and O–H groups in total. The maximum atomic E-state index is 6.60. The van der Waals surface area contributed by atoms with Gasteiger partial charge in [0.25, 0.3) is 0 Å². The topological polar surface area (TPSA) is 16.1 Å². The Morgan fingerprint density at radius 1 is 0.630 bits per heavy atom. The van der Waals surface area contributed by atoms with E-state index in [0.29, 0.717) is 0 Å². The second-order valence-electron chi connectivity index (χ2n) is 6.83. The first-order valence-electron chi connectivity index (χ1n) is 8.94. The molecule has 0 radical (unpaired) electrons. The van der Waals surface area contributed by atoms with Crippen molar-refractivity contribution < 1.29 is 0 Å². The van der Waals surface area contributed by atoms with Crippen LogP contribution in [0, 0.1) is 0 Å². The van der Waals surface area contributed by atoms with Gasteiger partial charge in [-0.3, -0.25) is 4.98 Å². The van der Waals surface area contributed by atoms with Crippen LogP contribution in [-0.2, 0) is 11.8 Å². The van der Waals surface area contributed by atoms with E-state index in [1.807, 2.05) is 12.4 Å². The molecule has 1 aromatic heterocycles. The van der Waals surface area contributed by atoms with E-state index < -0.39 is 6.19 Å². The number of hydrogen-bond acceptors (Lipinski definition) is 2. The Morgan fingerprint density at radius 2 is 1.19 bits per heavy atom. The molecule has 4 heteroatoms. The monoisotopic (exact) mass is 382 g/mol. The molecule has 3 heterocycles. The van der Waals surface area contributed by atoms with Gasteiger partial charge in [0.15, 0.2) is 0 Å². The van der Waals surface area contributed by atoms with E-state index in [1.165, 1.54) is 38.6 Å². The average molecular weight is 382 g/mol. The van der Waals surface area contributed by atoms with Gasteiger partial charge in [-0.15, -0.1) is 0 Å². The van der Waals surface area contributed by atoms with Gasteiger partial charge in [-0.05, 0) is 23.3 Å². The number of fused-ring (bicyclic) bond motifs is 11. The fourth-order valence-corrected chi connectivity index (χ4v) is 9.11. The van der Waals surface area contributed by atoms with Crippen LogP contribution in [-0.4, -0.2) is 4.98 Å². The number of hydrogen-bond donors (Lipinski definition) is 0. The van der Waals surface area contributed by atoms with Crippen molar-refractivity contribution in [2.45, 2.75) is 0 Å². The summed E-state index contributed by atoms with van der Waals surface area (Å²) < 4.78 is 2.41. The lowest BCUT2D eigenvalue weighted by Gasteiger charge is -2.47. The fraction of sp³-hybridized carbons (Fsp3) is 0. The summed E-state index contributed by atoms with van der Waals surface area (Å²) in [5.41, 5.74) is 7.24. The Kier molecular flexibility index (Phi) is 3.06. The fourth-order valence-electron chi connectivity index (χ4n) is 4.38. The van der Waals surface area contributed by atoms with Crippen molar-refractivity contribution in [3.05, 3.63) is 91.3 Å². The average Bonchev–Trinajstić information content (AvgIpc) is 2.74. The molecule has 0 amide bonds. The Hall–Kier alpha value is -2.74. The van der Waals surface area contributed by atoms with Gasteiger partial charge in [-0.1, -0.05) is 78.5 Å². The molecule has 0 spiro atoms. The summed E-state index contributed by atoms with van der Waals surface area (Å²) in [5, 5.41) is 2.53. The molecular weight excluding hydrogens is 367 g/mol. The second-order valence-corrected chi connectivity index (χ2v) is 10.9. The van der Waals surface area contributed by atoms with E-state index in [1.54, 1.807) is 0 Å². The van der Waals surface area contributed by atoms with Gasteiger partial charge in [0, 0.05) is 27.9 Å². The maximum absolute atomic E-state index is 6.60. The number of pyridine rings is 1. The van der Waals surface area contributed by atoms with Gasteiger partial charge in [0.1, 0.15) is 0 Å². The molecule has 0 aliphatic carbocycles. The third-order valence-electron chi connectivity index (χ3n) is 5.48. The van der Waals surface area contributed by atoms with Crippen LogP contribution in [0.3, 0.4) is 0 Å². The minimum atomic E-state index is -2.24. The van der Waals surface area contributed by atoms with Crippen molar-refractivity contribution >= 4 is 40.0 Å².